The van der Waals surface area contributed by atoms with Gasteiger partial charge in [0.1, 0.15) is 18.5 Å². The van der Waals surface area contributed by atoms with E-state index in [1.165, 1.54) is 25.3 Å². The minimum atomic E-state index is -2.30. The molecule has 0 saturated carbocycles. The summed E-state index contributed by atoms with van der Waals surface area (Å²) in [5.41, 5.74) is 2.18. The Labute approximate surface area is 235 Å². The van der Waals surface area contributed by atoms with Crippen molar-refractivity contribution in [1.82, 2.24) is 14.5 Å². The zero-order valence-electron chi connectivity index (χ0n) is 22.8. The minimum absolute atomic E-state index is 0.0781. The number of hydrogen-bond acceptors (Lipinski definition) is 8. The molecule has 212 valence electrons. The molecule has 41 heavy (non-hydrogen) atoms. The molecule has 1 aliphatic heterocycles. The number of aromatic nitrogens is 2. The van der Waals surface area contributed by atoms with E-state index in [1.807, 2.05) is 0 Å². The van der Waals surface area contributed by atoms with Crippen molar-refractivity contribution in [3.8, 4) is 5.75 Å². The Balaban J connectivity index is 0.000000271. The Morgan fingerprint density at radius 1 is 1.12 bits per heavy atom. The van der Waals surface area contributed by atoms with Crippen LogP contribution < -0.4 is 21.4 Å². The van der Waals surface area contributed by atoms with E-state index < -0.39 is 13.1 Å². The highest BCUT2D eigenvalue weighted by molar-refractivity contribution is 7.70. The normalized spacial score (nSPS) is 13.3. The molecule has 0 aliphatic carbocycles. The van der Waals surface area contributed by atoms with E-state index in [2.05, 4.69) is 10.1 Å². The van der Waals surface area contributed by atoms with Gasteiger partial charge in [-0.05, 0) is 43.2 Å². The number of hydrogen-bond donors (Lipinski definition) is 1. The lowest BCUT2D eigenvalue weighted by atomic mass is 10.1. The maximum absolute atomic E-state index is 13.3. The molecule has 2 aromatic heterocycles. The molecule has 2 N–H and O–H groups in total. The van der Waals surface area contributed by atoms with E-state index in [-0.39, 0.29) is 29.7 Å². The van der Waals surface area contributed by atoms with Crippen LogP contribution in [-0.4, -0.2) is 52.5 Å². The standard InChI is InChI=1S/C20H18FN5O3.C9H11O2P/c1-12(27)29-18-16-15(3-2-8-23-16)19(24-22)26-10-9-25(20(28)17(18)26)11-13-4-6-14(21)7-5-13;1-12(2,11)9-6-4-3-5-8(9)7-10/h2-8H,9-11,22H2,1H3;3-7H,1-2H3/b24-19-;. The topological polar surface area (TPSA) is 137 Å². The molecule has 0 saturated heterocycles. The highest BCUT2D eigenvalue weighted by Gasteiger charge is 2.32. The van der Waals surface area contributed by atoms with Gasteiger partial charge in [0.05, 0.1) is 0 Å². The van der Waals surface area contributed by atoms with E-state index in [0.29, 0.717) is 40.3 Å². The van der Waals surface area contributed by atoms with Gasteiger partial charge in [0.25, 0.3) is 5.91 Å². The van der Waals surface area contributed by atoms with Gasteiger partial charge in [-0.25, -0.2) is 4.39 Å². The monoisotopic (exact) mass is 577 g/mol. The van der Waals surface area contributed by atoms with Gasteiger partial charge in [-0.15, -0.1) is 0 Å². The van der Waals surface area contributed by atoms with E-state index in [4.69, 9.17) is 10.6 Å². The smallest absolute Gasteiger partial charge is 0.308 e. The van der Waals surface area contributed by atoms with Gasteiger partial charge in [-0.3, -0.25) is 19.4 Å². The molecule has 10 nitrogen and oxygen atoms in total. The fourth-order valence-electron chi connectivity index (χ4n) is 4.57. The maximum Gasteiger partial charge on any atom is 0.308 e. The number of rotatable bonds is 5. The molecule has 0 fully saturated rings. The van der Waals surface area contributed by atoms with Gasteiger partial charge in [0.15, 0.2) is 23.2 Å². The minimum Gasteiger partial charge on any atom is -0.422 e. The number of carbonyl (C=O) groups excluding carboxylic acids is 3. The molecule has 4 aromatic rings. The second kappa shape index (κ2) is 12.3. The van der Waals surface area contributed by atoms with Crippen molar-refractivity contribution in [2.75, 3.05) is 19.9 Å². The average Bonchev–Trinajstić information content (AvgIpc) is 2.95. The van der Waals surface area contributed by atoms with Gasteiger partial charge < -0.3 is 24.6 Å². The van der Waals surface area contributed by atoms with Crippen molar-refractivity contribution in [3.63, 3.8) is 0 Å². The summed E-state index contributed by atoms with van der Waals surface area (Å²) >= 11 is 0. The van der Waals surface area contributed by atoms with E-state index in [9.17, 15) is 23.3 Å². The summed E-state index contributed by atoms with van der Waals surface area (Å²) in [6, 6.07) is 16.4. The van der Waals surface area contributed by atoms with Crippen LogP contribution >= 0.6 is 7.14 Å². The van der Waals surface area contributed by atoms with E-state index >= 15 is 0 Å². The molecule has 3 heterocycles. The number of carbonyl (C=O) groups is 3. The highest BCUT2D eigenvalue weighted by Crippen LogP contribution is 2.35. The van der Waals surface area contributed by atoms with Crippen LogP contribution in [-0.2, 0) is 22.4 Å². The lowest BCUT2D eigenvalue weighted by molar-refractivity contribution is -0.131. The molecule has 0 atom stereocenters. The second-order valence-electron chi connectivity index (χ2n) is 9.66. The summed E-state index contributed by atoms with van der Waals surface area (Å²) in [6.45, 7) is 5.66. The zero-order chi connectivity index (χ0) is 29.7. The summed E-state index contributed by atoms with van der Waals surface area (Å²) in [5, 5.41) is 5.10. The van der Waals surface area contributed by atoms with Crippen LogP contribution in [0.2, 0.25) is 0 Å². The quantitative estimate of drug-likeness (QED) is 0.126. The molecule has 0 bridgehead atoms. The van der Waals surface area contributed by atoms with Gasteiger partial charge in [0.2, 0.25) is 0 Å². The first-order valence-electron chi connectivity index (χ1n) is 12.6. The third-order valence-electron chi connectivity index (χ3n) is 6.39. The van der Waals surface area contributed by atoms with Crippen LogP contribution in [0.1, 0.15) is 33.3 Å². The molecule has 0 radical (unpaired) electrons. The van der Waals surface area contributed by atoms with E-state index in [1.54, 1.807) is 71.3 Å². The number of benzene rings is 2. The number of amides is 1. The summed E-state index contributed by atoms with van der Waals surface area (Å²) in [6.07, 6.45) is 2.28. The Bertz CT molecular complexity index is 1750. The molecule has 12 heteroatoms. The van der Waals surface area contributed by atoms with Gasteiger partial charge in [-0.2, -0.15) is 5.10 Å². The Hall–Kier alpha value is -4.63. The number of nitrogens with two attached hydrogens (primary N) is 1. The first-order chi connectivity index (χ1) is 19.5. The van der Waals surface area contributed by atoms with Crippen LogP contribution in [0.25, 0.3) is 10.9 Å². The number of esters is 1. The first-order valence-corrected chi connectivity index (χ1v) is 15.2. The highest BCUT2D eigenvalue weighted by atomic mass is 31.2. The lowest BCUT2D eigenvalue weighted by Gasteiger charge is -2.31. The van der Waals surface area contributed by atoms with Crippen molar-refractivity contribution in [2.45, 2.75) is 20.0 Å². The van der Waals surface area contributed by atoms with E-state index in [0.717, 1.165) is 11.8 Å². The third-order valence-corrected chi connectivity index (χ3v) is 7.95. The van der Waals surface area contributed by atoms with Crippen LogP contribution in [0.5, 0.6) is 5.75 Å². The summed E-state index contributed by atoms with van der Waals surface area (Å²) in [7, 11) is -2.30. The lowest BCUT2D eigenvalue weighted by Crippen LogP contribution is -2.45. The number of halogens is 1. The Kier molecular flexibility index (Phi) is 8.78. The number of fused-ring (bicyclic) bond motifs is 2. The Morgan fingerprint density at radius 2 is 1.83 bits per heavy atom. The van der Waals surface area contributed by atoms with Crippen molar-refractivity contribution in [3.05, 3.63) is 95.0 Å². The van der Waals surface area contributed by atoms with Gasteiger partial charge in [-0.1, -0.05) is 36.4 Å². The van der Waals surface area contributed by atoms with Crippen LogP contribution in [0.3, 0.4) is 0 Å². The SMILES string of the molecule is CC(=O)Oc1c2n(/c(=N\N)c3cccnc13)CCN(Cc1ccc(F)cc1)C2=O.CP(C)(=O)c1ccccc1C=O. The summed E-state index contributed by atoms with van der Waals surface area (Å²) in [4.78, 5) is 41.5. The predicted molar refractivity (Wildman–Crippen MR) is 153 cm³/mol. The number of ether oxygens (including phenoxy) is 1. The van der Waals surface area contributed by atoms with Crippen LogP contribution in [0.15, 0.2) is 72.0 Å². The van der Waals surface area contributed by atoms with Crippen molar-refractivity contribution in [2.24, 2.45) is 10.9 Å². The fourth-order valence-corrected chi connectivity index (χ4v) is 5.77. The van der Waals surface area contributed by atoms with Crippen molar-refractivity contribution < 1.29 is 28.1 Å². The largest absolute Gasteiger partial charge is 0.422 e. The summed E-state index contributed by atoms with van der Waals surface area (Å²) in [5.74, 6) is 4.43. The first kappa shape index (κ1) is 29.4. The number of aldehydes is 1. The molecule has 1 amide bonds. The van der Waals surface area contributed by atoms with Crippen LogP contribution in [0, 0.1) is 5.82 Å². The van der Waals surface area contributed by atoms with Crippen LogP contribution in [0.4, 0.5) is 4.39 Å². The summed E-state index contributed by atoms with van der Waals surface area (Å²) < 4.78 is 31.9. The molecule has 0 unspecified atom stereocenters. The number of nitrogens with zero attached hydrogens (tertiary/aromatic N) is 4. The molecule has 1 aliphatic rings. The number of pyridine rings is 2. The Morgan fingerprint density at radius 3 is 2.44 bits per heavy atom. The van der Waals surface area contributed by atoms with Gasteiger partial charge >= 0.3 is 5.97 Å². The molecule has 2 aromatic carbocycles. The molecule has 0 spiro atoms. The second-order valence-corrected chi connectivity index (χ2v) is 12.8. The predicted octanol–water partition coefficient (Wildman–Crippen LogP) is 3.28. The molecule has 5 rings (SSSR count). The third kappa shape index (κ3) is 6.41. The molecular formula is C29H29FN5O5P. The average molecular weight is 578 g/mol. The van der Waals surface area contributed by atoms with Crippen molar-refractivity contribution in [1.29, 1.82) is 0 Å². The molecular weight excluding hydrogens is 548 g/mol. The van der Waals surface area contributed by atoms with Crippen molar-refractivity contribution >= 4 is 41.5 Å². The van der Waals surface area contributed by atoms with Gasteiger partial charge in [0, 0.05) is 49.0 Å². The maximum atomic E-state index is 13.3. The fraction of sp³-hybridized carbons (Fsp3) is 0.207. The zero-order valence-corrected chi connectivity index (χ0v) is 23.7.